The summed E-state index contributed by atoms with van der Waals surface area (Å²) in [5, 5.41) is 0.138. The Balaban J connectivity index is 2.00. The van der Waals surface area contributed by atoms with E-state index < -0.39 is 5.60 Å². The van der Waals surface area contributed by atoms with Gasteiger partial charge in [-0.25, -0.2) is 0 Å². The van der Waals surface area contributed by atoms with Crippen LogP contribution in [0.15, 0.2) is 30.3 Å². The Morgan fingerprint density at radius 3 is 2.43 bits per heavy atom. The lowest BCUT2D eigenvalue weighted by molar-refractivity contribution is -0.134. The number of ketones is 1. The van der Waals surface area contributed by atoms with Gasteiger partial charge in [-0.2, -0.15) is 0 Å². The van der Waals surface area contributed by atoms with E-state index >= 15 is 0 Å². The van der Waals surface area contributed by atoms with Gasteiger partial charge in [0.15, 0.2) is 0 Å². The summed E-state index contributed by atoms with van der Waals surface area (Å²) >= 11 is 0. The Hall–Kier alpha value is -0.973. The van der Waals surface area contributed by atoms with E-state index in [9.17, 15) is 4.79 Å². The van der Waals surface area contributed by atoms with Crippen LogP contribution >= 0.6 is 0 Å². The normalized spacial score (nSPS) is 20.7. The monoisotopic (exact) mass is 331 g/mol. The van der Waals surface area contributed by atoms with Crippen LogP contribution in [0.5, 0.6) is 0 Å². The number of likely N-dealkylation sites (tertiary alicyclic amines) is 1. The summed E-state index contributed by atoms with van der Waals surface area (Å²) in [7, 11) is 0.402. The zero-order valence-electron chi connectivity index (χ0n) is 15.1. The Morgan fingerprint density at radius 2 is 1.83 bits per heavy atom. The quantitative estimate of drug-likeness (QED) is 0.770. The first kappa shape index (κ1) is 18.4. The zero-order chi connectivity index (χ0) is 17.1. The molecule has 4 heteroatoms. The first-order valence-corrected chi connectivity index (χ1v) is 9.32. The molecule has 1 atom stereocenters. The van der Waals surface area contributed by atoms with Crippen molar-refractivity contribution in [3.63, 3.8) is 0 Å². The fourth-order valence-electron chi connectivity index (χ4n) is 2.84. The van der Waals surface area contributed by atoms with Crippen molar-refractivity contribution in [1.82, 2.24) is 4.90 Å². The van der Waals surface area contributed by atoms with Crippen molar-refractivity contribution in [1.29, 1.82) is 0 Å². The van der Waals surface area contributed by atoms with Gasteiger partial charge < -0.3 is 4.43 Å². The van der Waals surface area contributed by atoms with Crippen LogP contribution in [0.25, 0.3) is 0 Å². The van der Waals surface area contributed by atoms with Gasteiger partial charge >= 0.3 is 0 Å². The molecular formula is C19H29NO2Si. The van der Waals surface area contributed by atoms with Crippen molar-refractivity contribution in [3.8, 4) is 0 Å². The number of nitrogens with zero attached hydrogens (tertiary/aromatic N) is 1. The minimum atomic E-state index is -0.405. The van der Waals surface area contributed by atoms with Crippen LogP contribution in [-0.4, -0.2) is 39.1 Å². The van der Waals surface area contributed by atoms with Crippen molar-refractivity contribution in [2.75, 3.05) is 13.1 Å². The maximum atomic E-state index is 12.5. The number of hydrogen-bond donors (Lipinski definition) is 0. The van der Waals surface area contributed by atoms with Crippen molar-refractivity contribution in [2.24, 2.45) is 5.92 Å². The summed E-state index contributed by atoms with van der Waals surface area (Å²) in [4.78, 5) is 14.8. The van der Waals surface area contributed by atoms with E-state index in [0.717, 1.165) is 19.6 Å². The highest BCUT2D eigenvalue weighted by molar-refractivity contribution is 6.31. The van der Waals surface area contributed by atoms with Gasteiger partial charge in [-0.15, -0.1) is 0 Å². The second-order valence-corrected chi connectivity index (χ2v) is 9.96. The Bertz CT molecular complexity index is 522. The van der Waals surface area contributed by atoms with E-state index in [1.807, 2.05) is 6.07 Å². The first-order chi connectivity index (χ1) is 10.7. The lowest BCUT2D eigenvalue weighted by Gasteiger charge is -2.41. The maximum Gasteiger partial charge on any atom is 0.236 e. The fourth-order valence-corrected chi connectivity index (χ4v) is 3.55. The minimum Gasteiger partial charge on any atom is -0.411 e. The number of benzene rings is 1. The highest BCUT2D eigenvalue weighted by atomic mass is 28.2. The molecule has 126 valence electrons. The van der Waals surface area contributed by atoms with Crippen LogP contribution in [0.2, 0.25) is 5.04 Å². The summed E-state index contributed by atoms with van der Waals surface area (Å²) in [5.74, 6) is 0.299. The maximum absolute atomic E-state index is 12.5. The molecule has 1 aliphatic heterocycles. The molecule has 0 aromatic heterocycles. The summed E-state index contributed by atoms with van der Waals surface area (Å²) in [6.45, 7) is 13.2. The van der Waals surface area contributed by atoms with E-state index in [0.29, 0.717) is 22.0 Å². The summed E-state index contributed by atoms with van der Waals surface area (Å²) in [6.07, 6.45) is 0.628. The zero-order valence-corrected chi connectivity index (χ0v) is 16.1. The predicted molar refractivity (Wildman–Crippen MR) is 95.5 cm³/mol. The molecule has 1 aliphatic rings. The second-order valence-electron chi connectivity index (χ2n) is 8.05. The number of carbonyl (C=O) groups excluding carboxylic acids is 1. The number of hydrogen-bond acceptors (Lipinski definition) is 3. The standard InChI is InChI=1S/C19H29NO2Si/c1-18(2,3)23-22-19(4,5)16-14-20(12-11-17(16)21)13-15-9-7-6-8-10-15/h6-10,16H,11-14H2,1-5H3. The van der Waals surface area contributed by atoms with Gasteiger partial charge in [0.25, 0.3) is 0 Å². The molecule has 2 radical (unpaired) electrons. The van der Waals surface area contributed by atoms with Gasteiger partial charge in [0, 0.05) is 26.1 Å². The molecule has 0 bridgehead atoms. The van der Waals surface area contributed by atoms with E-state index in [-0.39, 0.29) is 11.0 Å². The van der Waals surface area contributed by atoms with Gasteiger partial charge in [-0.1, -0.05) is 51.1 Å². The summed E-state index contributed by atoms with van der Waals surface area (Å²) < 4.78 is 6.18. The lowest BCUT2D eigenvalue weighted by atomic mass is 9.83. The molecule has 23 heavy (non-hydrogen) atoms. The number of Topliss-reactive ketones (excluding diaryl/α,β-unsaturated/α-hetero) is 1. The summed E-state index contributed by atoms with van der Waals surface area (Å²) in [6, 6.07) is 10.5. The molecule has 0 spiro atoms. The smallest absolute Gasteiger partial charge is 0.236 e. The topological polar surface area (TPSA) is 29.5 Å². The molecule has 1 fully saturated rings. The van der Waals surface area contributed by atoms with E-state index in [4.69, 9.17) is 4.43 Å². The lowest BCUT2D eigenvalue weighted by Crippen LogP contribution is -2.51. The Kier molecular flexibility index (Phi) is 5.82. The van der Waals surface area contributed by atoms with Crippen molar-refractivity contribution in [3.05, 3.63) is 35.9 Å². The highest BCUT2D eigenvalue weighted by Crippen LogP contribution is 2.31. The fraction of sp³-hybridized carbons (Fsp3) is 0.632. The third-order valence-corrected chi connectivity index (χ3v) is 5.45. The molecule has 0 aliphatic carbocycles. The Labute approximate surface area is 143 Å². The van der Waals surface area contributed by atoms with E-state index in [1.165, 1.54) is 5.56 Å². The molecular weight excluding hydrogens is 302 g/mol. The Morgan fingerprint density at radius 1 is 1.17 bits per heavy atom. The van der Waals surface area contributed by atoms with Crippen LogP contribution < -0.4 is 0 Å². The van der Waals surface area contributed by atoms with Gasteiger partial charge in [-0.3, -0.25) is 9.69 Å². The number of carbonyl (C=O) groups is 1. The van der Waals surface area contributed by atoms with E-state index in [2.05, 4.69) is 63.8 Å². The molecule has 1 heterocycles. The van der Waals surface area contributed by atoms with Crippen LogP contribution in [0.3, 0.4) is 0 Å². The molecule has 1 unspecified atom stereocenters. The van der Waals surface area contributed by atoms with Crippen LogP contribution in [0, 0.1) is 5.92 Å². The van der Waals surface area contributed by atoms with Crippen molar-refractivity contribution in [2.45, 2.75) is 58.2 Å². The highest BCUT2D eigenvalue weighted by Gasteiger charge is 2.40. The molecule has 0 N–H and O–H groups in total. The first-order valence-electron chi connectivity index (χ1n) is 8.41. The molecule has 1 aromatic rings. The molecule has 1 aromatic carbocycles. The third kappa shape index (κ3) is 5.55. The third-order valence-electron chi connectivity index (χ3n) is 4.21. The summed E-state index contributed by atoms with van der Waals surface area (Å²) in [5.41, 5.74) is 0.897. The predicted octanol–water partition coefficient (Wildman–Crippen LogP) is 3.71. The SMILES string of the molecule is CC(C)(C)[Si]OC(C)(C)C1CN(Cc2ccccc2)CCC1=O. The minimum absolute atomic E-state index is 0.0465. The average Bonchev–Trinajstić information content (AvgIpc) is 2.48. The largest absolute Gasteiger partial charge is 0.411 e. The van der Waals surface area contributed by atoms with Gasteiger partial charge in [0.1, 0.15) is 5.78 Å². The van der Waals surface area contributed by atoms with Crippen LogP contribution in [0.4, 0.5) is 0 Å². The van der Waals surface area contributed by atoms with Gasteiger partial charge in [0.05, 0.1) is 11.5 Å². The molecule has 1 saturated heterocycles. The van der Waals surface area contributed by atoms with Crippen LogP contribution in [-0.2, 0) is 15.8 Å². The molecule has 0 amide bonds. The number of rotatable bonds is 5. The van der Waals surface area contributed by atoms with Crippen molar-refractivity contribution < 1.29 is 9.22 Å². The number of piperidine rings is 1. The van der Waals surface area contributed by atoms with Crippen LogP contribution in [0.1, 0.15) is 46.6 Å². The molecule has 0 saturated carbocycles. The van der Waals surface area contributed by atoms with Gasteiger partial charge in [0.2, 0.25) is 9.76 Å². The molecule has 3 nitrogen and oxygen atoms in total. The molecule has 2 rings (SSSR count). The second kappa shape index (κ2) is 7.28. The average molecular weight is 332 g/mol. The van der Waals surface area contributed by atoms with Gasteiger partial charge in [-0.05, 0) is 24.4 Å². The van der Waals surface area contributed by atoms with Crippen molar-refractivity contribution >= 4 is 15.5 Å². The van der Waals surface area contributed by atoms with E-state index in [1.54, 1.807) is 0 Å².